The zero-order valence-electron chi connectivity index (χ0n) is 25.4. The monoisotopic (exact) mass is 551 g/mol. The average molecular weight is 552 g/mol. The van der Waals surface area contributed by atoms with Gasteiger partial charge in [-0.15, -0.1) is 5.97 Å². The number of hydrogen-bond donors (Lipinski definition) is 0. The van der Waals surface area contributed by atoms with Crippen molar-refractivity contribution in [3.63, 3.8) is 0 Å². The maximum absolute atomic E-state index is 11.3. The Morgan fingerprint density at radius 1 is 0.512 bits per heavy atom. The Balaban J connectivity index is 1.80. The molecule has 5 rings (SSSR count). The standard InChI is InChI=1S/C38H39BNP/c1-27-22-29(3)37(30(4)23-27)39(26-40,38-31(5)24-28(2)25-32(38)6)33-18-20-36(21-19-33)41(7,34-14-10-8-11-15-34)35-16-12-9-13-17-35/h8-25H,1-7H3. The highest BCUT2D eigenvalue weighted by atomic mass is 31.2. The molecule has 0 aliphatic heterocycles. The zero-order chi connectivity index (χ0) is 29.4. The van der Waals surface area contributed by atoms with Gasteiger partial charge in [-0.3, -0.25) is 0 Å². The van der Waals surface area contributed by atoms with Crippen LogP contribution in [-0.2, 0) is 0 Å². The minimum atomic E-state index is -1.88. The van der Waals surface area contributed by atoms with Crippen LogP contribution in [0.1, 0.15) is 33.4 Å². The van der Waals surface area contributed by atoms with E-state index in [0.29, 0.717) is 0 Å². The molecule has 3 heteroatoms. The Labute approximate surface area is 247 Å². The lowest BCUT2D eigenvalue weighted by Gasteiger charge is -2.41. The van der Waals surface area contributed by atoms with Gasteiger partial charge < -0.3 is 0 Å². The number of aryl methyl sites for hydroxylation is 6. The van der Waals surface area contributed by atoms with E-state index >= 15 is 0 Å². The van der Waals surface area contributed by atoms with Crippen LogP contribution in [0.4, 0.5) is 0 Å². The van der Waals surface area contributed by atoms with Crippen molar-refractivity contribution in [3.05, 3.63) is 143 Å². The van der Waals surface area contributed by atoms with Crippen molar-refractivity contribution in [2.45, 2.75) is 41.5 Å². The van der Waals surface area contributed by atoms with Crippen LogP contribution in [0.15, 0.2) is 109 Å². The van der Waals surface area contributed by atoms with E-state index in [1.807, 2.05) is 0 Å². The first-order chi connectivity index (χ1) is 19.6. The molecule has 0 saturated heterocycles. The normalized spacial score (nSPS) is 11.8. The second-order valence-electron chi connectivity index (χ2n) is 11.9. The third-order valence-electron chi connectivity index (χ3n) is 8.99. The molecule has 0 amide bonds. The Kier molecular flexibility index (Phi) is 7.79. The molecule has 0 aliphatic carbocycles. The van der Waals surface area contributed by atoms with Gasteiger partial charge in [-0.25, -0.2) is 5.26 Å². The topological polar surface area (TPSA) is 23.8 Å². The molecule has 204 valence electrons. The molecule has 5 aromatic carbocycles. The highest BCUT2D eigenvalue weighted by Crippen LogP contribution is 2.51. The number of benzene rings is 5. The van der Waals surface area contributed by atoms with Crippen LogP contribution in [-0.4, -0.2) is 12.8 Å². The third kappa shape index (κ3) is 4.84. The van der Waals surface area contributed by atoms with Crippen LogP contribution in [0.3, 0.4) is 0 Å². The molecule has 5 aromatic rings. The summed E-state index contributed by atoms with van der Waals surface area (Å²) >= 11 is 0. The summed E-state index contributed by atoms with van der Waals surface area (Å²) in [6.45, 7) is 15.4. The zero-order valence-corrected chi connectivity index (χ0v) is 26.3. The van der Waals surface area contributed by atoms with E-state index in [9.17, 15) is 5.26 Å². The highest BCUT2D eigenvalue weighted by molar-refractivity contribution is 7.95. The molecule has 0 N–H and O–H groups in total. The van der Waals surface area contributed by atoms with Gasteiger partial charge in [0.15, 0.2) is 6.15 Å². The predicted molar refractivity (Wildman–Crippen MR) is 183 cm³/mol. The van der Waals surface area contributed by atoms with Crippen molar-refractivity contribution >= 4 is 45.7 Å². The van der Waals surface area contributed by atoms with Crippen LogP contribution < -0.4 is 32.3 Å². The van der Waals surface area contributed by atoms with Gasteiger partial charge in [0.1, 0.15) is 23.2 Å². The van der Waals surface area contributed by atoms with E-state index in [4.69, 9.17) is 0 Å². The molecule has 0 atom stereocenters. The smallest absolute Gasteiger partial charge is 0.184 e. The second kappa shape index (κ2) is 11.2. The van der Waals surface area contributed by atoms with Gasteiger partial charge in [0.25, 0.3) is 0 Å². The van der Waals surface area contributed by atoms with Gasteiger partial charge in [0.05, 0.1) is 6.66 Å². The van der Waals surface area contributed by atoms with Crippen LogP contribution in [0, 0.1) is 52.8 Å². The van der Waals surface area contributed by atoms with Gasteiger partial charge >= 0.3 is 0 Å². The van der Waals surface area contributed by atoms with Crippen molar-refractivity contribution in [2.24, 2.45) is 0 Å². The van der Waals surface area contributed by atoms with Gasteiger partial charge in [-0.05, 0) is 77.9 Å². The molecular weight excluding hydrogens is 512 g/mol. The summed E-state index contributed by atoms with van der Waals surface area (Å²) in [5.74, 6) is 2.96. The Morgan fingerprint density at radius 3 is 1.20 bits per heavy atom. The lowest BCUT2D eigenvalue weighted by Crippen LogP contribution is -2.69. The third-order valence-corrected chi connectivity index (χ3v) is 13.0. The largest absolute Gasteiger partial charge is 0.248 e. The van der Waals surface area contributed by atoms with E-state index in [2.05, 4.69) is 163 Å². The summed E-state index contributed by atoms with van der Waals surface area (Å²) in [7, 11) is -1.88. The fourth-order valence-electron chi connectivity index (χ4n) is 7.39. The van der Waals surface area contributed by atoms with Crippen molar-refractivity contribution < 1.29 is 0 Å². The van der Waals surface area contributed by atoms with Crippen LogP contribution >= 0.6 is 7.26 Å². The number of nitriles is 1. The minimum Gasteiger partial charge on any atom is -0.248 e. The SMILES string of the molecule is Cc1cc(C)c([B-](C#N)(c2ccc([P+](C)(c3ccccc3)c3ccccc3)cc2)c2c(C)cc(C)cc2C)c(C)c1. The van der Waals surface area contributed by atoms with Gasteiger partial charge in [0, 0.05) is 0 Å². The molecular formula is C38H39BNP. The molecule has 0 unspecified atom stereocenters. The molecule has 0 aromatic heterocycles. The van der Waals surface area contributed by atoms with E-state index in [0.717, 1.165) is 16.4 Å². The molecule has 0 heterocycles. The van der Waals surface area contributed by atoms with E-state index in [1.165, 1.54) is 49.3 Å². The first-order valence-electron chi connectivity index (χ1n) is 14.4. The summed E-state index contributed by atoms with van der Waals surface area (Å²) < 4.78 is 0. The Morgan fingerprint density at radius 2 is 0.854 bits per heavy atom. The van der Waals surface area contributed by atoms with Crippen molar-refractivity contribution in [2.75, 3.05) is 6.66 Å². The van der Waals surface area contributed by atoms with Crippen molar-refractivity contribution in [1.82, 2.24) is 0 Å². The summed E-state index contributed by atoms with van der Waals surface area (Å²) in [5, 5.41) is 15.4. The predicted octanol–water partition coefficient (Wildman–Crippen LogP) is 5.99. The van der Waals surface area contributed by atoms with Crippen LogP contribution in [0.25, 0.3) is 0 Å². The molecule has 0 saturated carbocycles. The lowest BCUT2D eigenvalue weighted by atomic mass is 9.15. The average Bonchev–Trinajstić information content (AvgIpc) is 2.96. The molecule has 0 fully saturated rings. The quantitative estimate of drug-likeness (QED) is 0.188. The minimum absolute atomic E-state index is 1.08. The van der Waals surface area contributed by atoms with E-state index in [-0.39, 0.29) is 0 Å². The number of hydrogen-bond acceptors (Lipinski definition) is 1. The van der Waals surface area contributed by atoms with Gasteiger partial charge in [0.2, 0.25) is 0 Å². The molecule has 0 spiro atoms. The molecule has 41 heavy (non-hydrogen) atoms. The van der Waals surface area contributed by atoms with E-state index in [1.54, 1.807) is 0 Å². The van der Waals surface area contributed by atoms with Crippen LogP contribution in [0.2, 0.25) is 0 Å². The highest BCUT2D eigenvalue weighted by Gasteiger charge is 2.41. The Hall–Kier alpha value is -3.92. The van der Waals surface area contributed by atoms with E-state index < -0.39 is 13.4 Å². The van der Waals surface area contributed by atoms with Crippen molar-refractivity contribution in [1.29, 1.82) is 5.26 Å². The maximum Gasteiger partial charge on any atom is 0.184 e. The maximum atomic E-state index is 11.3. The molecule has 1 nitrogen and oxygen atoms in total. The fourth-order valence-corrected chi connectivity index (χ4v) is 10.6. The number of nitrogens with zero attached hydrogens (tertiary/aromatic N) is 1. The summed E-state index contributed by atoms with van der Waals surface area (Å²) in [4.78, 5) is 0. The molecule has 0 aliphatic rings. The van der Waals surface area contributed by atoms with Gasteiger partial charge in [-0.1, -0.05) is 106 Å². The van der Waals surface area contributed by atoms with Gasteiger partial charge in [-0.2, -0.15) is 16.4 Å². The van der Waals surface area contributed by atoms with Crippen LogP contribution in [0.5, 0.6) is 0 Å². The number of rotatable bonds is 6. The molecule has 0 radical (unpaired) electrons. The summed E-state index contributed by atoms with van der Waals surface area (Å²) in [6, 6.07) is 39.8. The molecule has 0 bridgehead atoms. The Bertz CT molecular complexity index is 1610. The first kappa shape index (κ1) is 28.6. The second-order valence-corrected chi connectivity index (χ2v) is 15.5. The lowest BCUT2D eigenvalue weighted by molar-refractivity contribution is 1.33. The summed E-state index contributed by atoms with van der Waals surface area (Å²) in [5.41, 5.74) is 10.6. The first-order valence-corrected chi connectivity index (χ1v) is 16.7. The van der Waals surface area contributed by atoms with Crippen molar-refractivity contribution in [3.8, 4) is 5.97 Å². The fraction of sp³-hybridized carbons (Fsp3) is 0.184. The summed E-state index contributed by atoms with van der Waals surface area (Å²) in [6.07, 6.45) is -1.88.